The Balaban J connectivity index is 1.65. The fraction of sp³-hybridized carbons (Fsp3) is 0.920. The molecule has 5 heteroatoms. The minimum atomic E-state index is -0.791. The van der Waals surface area contributed by atoms with Gasteiger partial charge in [-0.25, -0.2) is 0 Å². The van der Waals surface area contributed by atoms with Crippen molar-refractivity contribution < 1.29 is 24.1 Å². The molecule has 2 rings (SSSR count). The molecule has 0 bridgehead atoms. The van der Waals surface area contributed by atoms with Crippen molar-refractivity contribution in [3.8, 4) is 0 Å². The van der Waals surface area contributed by atoms with Crippen LogP contribution in [0, 0.1) is 0 Å². The molecule has 2 aliphatic heterocycles. The lowest BCUT2D eigenvalue weighted by molar-refractivity contribution is -0.178. The molecule has 0 radical (unpaired) electrons. The van der Waals surface area contributed by atoms with Crippen molar-refractivity contribution in [2.24, 2.45) is 0 Å². The molecule has 176 valence electrons. The normalized spacial score (nSPS) is 29.1. The standard InChI is InChI=1S/C25H46O5/c1-6-7-8-9-10-11-12-13-14-15-16-17-18-20-23(30-25(4,5)28-20)22(26)21-19-27-24(2,3)29-21/h17-18,20-23,26H,6-16,19H2,1-5H3/b18-17-/t20?,21-,22-,23-/m1/s1. The first kappa shape index (κ1) is 25.8. The number of allylic oxidation sites excluding steroid dienone is 1. The van der Waals surface area contributed by atoms with E-state index in [2.05, 4.69) is 19.1 Å². The van der Waals surface area contributed by atoms with Gasteiger partial charge < -0.3 is 24.1 Å². The SMILES string of the molecule is CCCCCCCCCCCC/C=C\C1OC(C)(C)O[C@H]1[C@H](O)[C@H]1COC(C)(C)O1. The molecular formula is C25H46O5. The van der Waals surface area contributed by atoms with Gasteiger partial charge in [0.1, 0.15) is 24.4 Å². The molecular weight excluding hydrogens is 380 g/mol. The van der Waals surface area contributed by atoms with E-state index >= 15 is 0 Å². The molecule has 0 aromatic heterocycles. The zero-order valence-corrected chi connectivity index (χ0v) is 20.0. The van der Waals surface area contributed by atoms with Gasteiger partial charge >= 0.3 is 0 Å². The second-order valence-corrected chi connectivity index (χ2v) is 9.82. The molecule has 0 amide bonds. The molecule has 0 aromatic rings. The molecule has 0 aromatic carbocycles. The number of ether oxygens (including phenoxy) is 4. The van der Waals surface area contributed by atoms with Crippen LogP contribution in [-0.2, 0) is 18.9 Å². The Kier molecular flexibility index (Phi) is 10.8. The first-order chi connectivity index (χ1) is 14.2. The molecule has 4 atom stereocenters. The van der Waals surface area contributed by atoms with Gasteiger partial charge in [0.15, 0.2) is 11.6 Å². The lowest BCUT2D eigenvalue weighted by Gasteiger charge is -2.26. The predicted molar refractivity (Wildman–Crippen MR) is 120 cm³/mol. The quantitative estimate of drug-likeness (QED) is 0.277. The van der Waals surface area contributed by atoms with Crippen LogP contribution in [0.3, 0.4) is 0 Å². The molecule has 0 saturated carbocycles. The smallest absolute Gasteiger partial charge is 0.164 e. The van der Waals surface area contributed by atoms with Gasteiger partial charge in [-0.1, -0.05) is 76.9 Å². The highest BCUT2D eigenvalue weighted by atomic mass is 16.8. The summed E-state index contributed by atoms with van der Waals surface area (Å²) in [6.45, 7) is 10.1. The van der Waals surface area contributed by atoms with Crippen LogP contribution in [0.1, 0.15) is 105 Å². The Morgan fingerprint density at radius 3 is 2.00 bits per heavy atom. The van der Waals surface area contributed by atoms with Crippen molar-refractivity contribution in [1.29, 1.82) is 0 Å². The summed E-state index contributed by atoms with van der Waals surface area (Å²) in [6.07, 6.45) is 16.8. The molecule has 30 heavy (non-hydrogen) atoms. The third-order valence-electron chi connectivity index (χ3n) is 5.96. The van der Waals surface area contributed by atoms with E-state index in [9.17, 15) is 5.11 Å². The summed E-state index contributed by atoms with van der Waals surface area (Å²) >= 11 is 0. The van der Waals surface area contributed by atoms with E-state index in [-0.39, 0.29) is 6.10 Å². The van der Waals surface area contributed by atoms with Crippen LogP contribution in [0.15, 0.2) is 12.2 Å². The van der Waals surface area contributed by atoms with Crippen molar-refractivity contribution >= 4 is 0 Å². The third kappa shape index (κ3) is 8.96. The number of aliphatic hydroxyl groups excluding tert-OH is 1. The first-order valence-corrected chi connectivity index (χ1v) is 12.3. The lowest BCUT2D eigenvalue weighted by Crippen LogP contribution is -2.44. The Hall–Kier alpha value is -0.460. The van der Waals surface area contributed by atoms with Gasteiger partial charge in [0.05, 0.1) is 6.61 Å². The topological polar surface area (TPSA) is 57.2 Å². The average Bonchev–Trinajstić information content (AvgIpc) is 3.20. The minimum absolute atomic E-state index is 0.273. The highest BCUT2D eigenvalue weighted by molar-refractivity contribution is 5.02. The summed E-state index contributed by atoms with van der Waals surface area (Å²) in [5.74, 6) is -1.38. The molecule has 1 N–H and O–H groups in total. The van der Waals surface area contributed by atoms with Crippen molar-refractivity contribution in [3.05, 3.63) is 12.2 Å². The van der Waals surface area contributed by atoms with Gasteiger partial charge in [0.25, 0.3) is 0 Å². The lowest BCUT2D eigenvalue weighted by atomic mass is 10.0. The zero-order chi connectivity index (χ0) is 22.0. The monoisotopic (exact) mass is 426 g/mol. The van der Waals surface area contributed by atoms with E-state index in [1.807, 2.05) is 27.7 Å². The largest absolute Gasteiger partial charge is 0.387 e. The van der Waals surface area contributed by atoms with E-state index in [1.54, 1.807) is 0 Å². The van der Waals surface area contributed by atoms with Crippen LogP contribution in [0.2, 0.25) is 0 Å². The Morgan fingerprint density at radius 1 is 0.833 bits per heavy atom. The number of rotatable bonds is 14. The highest BCUT2D eigenvalue weighted by Crippen LogP contribution is 2.34. The van der Waals surface area contributed by atoms with Gasteiger partial charge in [-0.3, -0.25) is 0 Å². The third-order valence-corrected chi connectivity index (χ3v) is 5.96. The van der Waals surface area contributed by atoms with Gasteiger partial charge in [-0.05, 0) is 40.5 Å². The molecule has 1 unspecified atom stereocenters. The van der Waals surface area contributed by atoms with Gasteiger partial charge in [-0.2, -0.15) is 0 Å². The second-order valence-electron chi connectivity index (χ2n) is 9.82. The van der Waals surface area contributed by atoms with E-state index in [4.69, 9.17) is 18.9 Å². The molecule has 2 heterocycles. The Morgan fingerprint density at radius 2 is 1.43 bits per heavy atom. The average molecular weight is 427 g/mol. The molecule has 2 saturated heterocycles. The fourth-order valence-electron chi connectivity index (χ4n) is 4.31. The molecule has 2 aliphatic rings. The van der Waals surface area contributed by atoms with Crippen LogP contribution >= 0.6 is 0 Å². The summed E-state index contributed by atoms with van der Waals surface area (Å²) in [4.78, 5) is 0. The number of unbranched alkanes of at least 4 members (excludes halogenated alkanes) is 10. The summed E-state index contributed by atoms with van der Waals surface area (Å²) in [7, 11) is 0. The van der Waals surface area contributed by atoms with Crippen molar-refractivity contribution in [3.63, 3.8) is 0 Å². The molecule has 5 nitrogen and oxygen atoms in total. The zero-order valence-electron chi connectivity index (χ0n) is 20.0. The maximum Gasteiger partial charge on any atom is 0.164 e. The Labute approximate surface area is 184 Å². The van der Waals surface area contributed by atoms with E-state index in [0.29, 0.717) is 6.61 Å². The maximum atomic E-state index is 10.8. The summed E-state index contributed by atoms with van der Waals surface area (Å²) < 4.78 is 23.5. The summed E-state index contributed by atoms with van der Waals surface area (Å²) in [6, 6.07) is 0. The number of aliphatic hydroxyl groups is 1. The minimum Gasteiger partial charge on any atom is -0.387 e. The van der Waals surface area contributed by atoms with Crippen LogP contribution in [0.25, 0.3) is 0 Å². The van der Waals surface area contributed by atoms with Crippen molar-refractivity contribution in [1.82, 2.24) is 0 Å². The van der Waals surface area contributed by atoms with Gasteiger partial charge in [0.2, 0.25) is 0 Å². The number of hydrogen-bond acceptors (Lipinski definition) is 5. The van der Waals surface area contributed by atoms with Crippen molar-refractivity contribution in [2.75, 3.05) is 6.61 Å². The first-order valence-electron chi connectivity index (χ1n) is 12.3. The van der Waals surface area contributed by atoms with Crippen LogP contribution in [0.5, 0.6) is 0 Å². The molecule has 0 spiro atoms. The van der Waals surface area contributed by atoms with Crippen molar-refractivity contribution in [2.45, 2.75) is 141 Å². The predicted octanol–water partition coefficient (Wildman–Crippen LogP) is 5.89. The maximum absolute atomic E-state index is 10.8. The summed E-state index contributed by atoms with van der Waals surface area (Å²) in [5, 5.41) is 10.8. The van der Waals surface area contributed by atoms with E-state index < -0.39 is 29.9 Å². The van der Waals surface area contributed by atoms with Crippen LogP contribution in [0.4, 0.5) is 0 Å². The van der Waals surface area contributed by atoms with Crippen LogP contribution in [-0.4, -0.2) is 47.7 Å². The molecule has 2 fully saturated rings. The van der Waals surface area contributed by atoms with Gasteiger partial charge in [0, 0.05) is 0 Å². The highest BCUT2D eigenvalue weighted by Gasteiger charge is 2.48. The van der Waals surface area contributed by atoms with E-state index in [1.165, 1.54) is 64.2 Å². The Bertz CT molecular complexity index is 502. The second kappa shape index (κ2) is 12.5. The van der Waals surface area contributed by atoms with Crippen LogP contribution < -0.4 is 0 Å². The van der Waals surface area contributed by atoms with Gasteiger partial charge in [-0.15, -0.1) is 0 Å². The fourth-order valence-corrected chi connectivity index (χ4v) is 4.31. The summed E-state index contributed by atoms with van der Waals surface area (Å²) in [5.41, 5.74) is 0. The molecule has 0 aliphatic carbocycles. The van der Waals surface area contributed by atoms with E-state index in [0.717, 1.165) is 6.42 Å². The number of hydrogen-bond donors (Lipinski definition) is 1.